The van der Waals surface area contributed by atoms with E-state index in [4.69, 9.17) is 5.11 Å². The highest BCUT2D eigenvalue weighted by atomic mass is 19.4. The Morgan fingerprint density at radius 2 is 2.05 bits per heavy atom. The van der Waals surface area contributed by atoms with Crippen LogP contribution >= 0.6 is 0 Å². The fourth-order valence-electron chi connectivity index (χ4n) is 1.22. The first-order valence-corrected chi connectivity index (χ1v) is 4.48. The minimum atomic E-state index is -5.41. The van der Waals surface area contributed by atoms with Crippen LogP contribution in [0.1, 0.15) is 17.7 Å². The van der Waals surface area contributed by atoms with Crippen molar-refractivity contribution >= 4 is 5.69 Å². The zero-order chi connectivity index (χ0) is 14.8. The molecule has 1 heterocycles. The molecule has 0 radical (unpaired) electrons. The summed E-state index contributed by atoms with van der Waals surface area (Å²) in [5.74, 6) is -1.72. The maximum Gasteiger partial charge on any atom is 0.573 e. The molecule has 0 aromatic carbocycles. The number of aliphatic hydroxyl groups excluding tert-OH is 1. The standard InChI is InChI=1S/C8H5F5N2O4/c9-7(10)4-6(19-8(11,12)13)5(15(17)18)3(2-16)1-14-4/h1,7,16H,2H2. The first-order valence-electron chi connectivity index (χ1n) is 4.48. The summed E-state index contributed by atoms with van der Waals surface area (Å²) in [6.07, 6.45) is -8.43. The van der Waals surface area contributed by atoms with Gasteiger partial charge in [-0.05, 0) is 0 Å². The molecule has 0 unspecified atom stereocenters. The van der Waals surface area contributed by atoms with Crippen molar-refractivity contribution in [3.05, 3.63) is 27.6 Å². The van der Waals surface area contributed by atoms with Crippen LogP contribution in [-0.4, -0.2) is 21.4 Å². The molecule has 1 aromatic heterocycles. The molecule has 11 heteroatoms. The number of aliphatic hydroxyl groups is 1. The molecule has 0 saturated carbocycles. The molecule has 0 amide bonds. The van der Waals surface area contributed by atoms with Crippen LogP contribution in [0.15, 0.2) is 6.20 Å². The van der Waals surface area contributed by atoms with E-state index in [0.717, 1.165) is 0 Å². The lowest BCUT2D eigenvalue weighted by Gasteiger charge is -2.13. The highest BCUT2D eigenvalue weighted by Gasteiger charge is 2.39. The molecule has 1 aromatic rings. The average molecular weight is 288 g/mol. The lowest BCUT2D eigenvalue weighted by molar-refractivity contribution is -0.389. The summed E-state index contributed by atoms with van der Waals surface area (Å²) in [5, 5.41) is 19.4. The van der Waals surface area contributed by atoms with Gasteiger partial charge < -0.3 is 9.84 Å². The van der Waals surface area contributed by atoms with Gasteiger partial charge in [-0.25, -0.2) is 8.78 Å². The first-order chi connectivity index (χ1) is 8.67. The SMILES string of the molecule is O=[N+]([O-])c1c(CO)cnc(C(F)F)c1OC(F)(F)F. The molecule has 0 fully saturated rings. The number of ether oxygens (including phenoxy) is 1. The van der Waals surface area contributed by atoms with Crippen LogP contribution in [0.4, 0.5) is 27.6 Å². The summed E-state index contributed by atoms with van der Waals surface area (Å²) >= 11 is 0. The summed E-state index contributed by atoms with van der Waals surface area (Å²) in [5.41, 5.74) is -3.60. The second-order valence-electron chi connectivity index (χ2n) is 3.11. The minimum absolute atomic E-state index is 0.489. The number of pyridine rings is 1. The minimum Gasteiger partial charge on any atom is -0.396 e. The third-order valence-corrected chi connectivity index (χ3v) is 1.89. The van der Waals surface area contributed by atoms with E-state index >= 15 is 0 Å². The van der Waals surface area contributed by atoms with E-state index < -0.39 is 47.0 Å². The highest BCUT2D eigenvalue weighted by Crippen LogP contribution is 2.40. The summed E-state index contributed by atoms with van der Waals surface area (Å²) in [6, 6.07) is 0. The number of hydrogen-bond donors (Lipinski definition) is 1. The largest absolute Gasteiger partial charge is 0.573 e. The average Bonchev–Trinajstić information content (AvgIpc) is 2.25. The Hall–Kier alpha value is -2.04. The van der Waals surface area contributed by atoms with Crippen LogP contribution in [0.5, 0.6) is 5.75 Å². The maximum atomic E-state index is 12.5. The van der Waals surface area contributed by atoms with Gasteiger partial charge >= 0.3 is 12.0 Å². The van der Waals surface area contributed by atoms with Crippen molar-refractivity contribution in [1.82, 2.24) is 4.98 Å². The van der Waals surface area contributed by atoms with Crippen molar-refractivity contribution < 1.29 is 36.7 Å². The molecule has 19 heavy (non-hydrogen) atoms. The predicted octanol–water partition coefficient (Wildman–Crippen LogP) is 2.32. The van der Waals surface area contributed by atoms with E-state index in [1.54, 1.807) is 0 Å². The second-order valence-corrected chi connectivity index (χ2v) is 3.11. The molecule has 0 saturated heterocycles. The highest BCUT2D eigenvalue weighted by molar-refractivity contribution is 5.54. The molecular formula is C8H5F5N2O4. The van der Waals surface area contributed by atoms with E-state index in [9.17, 15) is 32.1 Å². The van der Waals surface area contributed by atoms with Gasteiger partial charge in [-0.15, -0.1) is 13.2 Å². The third-order valence-electron chi connectivity index (χ3n) is 1.89. The number of nitro groups is 1. The van der Waals surface area contributed by atoms with Gasteiger partial charge in [-0.3, -0.25) is 15.1 Å². The van der Waals surface area contributed by atoms with E-state index in [1.807, 2.05) is 0 Å². The summed E-state index contributed by atoms with van der Waals surface area (Å²) in [6.45, 7) is -1.05. The summed E-state index contributed by atoms with van der Waals surface area (Å²) in [4.78, 5) is 12.2. The Labute approximate surface area is 101 Å². The lowest BCUT2D eigenvalue weighted by atomic mass is 10.2. The van der Waals surface area contributed by atoms with Gasteiger partial charge in [0.15, 0.2) is 5.69 Å². The van der Waals surface area contributed by atoms with Gasteiger partial charge in [0, 0.05) is 6.20 Å². The third kappa shape index (κ3) is 3.47. The number of aromatic nitrogens is 1. The summed E-state index contributed by atoms with van der Waals surface area (Å²) in [7, 11) is 0. The Morgan fingerprint density at radius 1 is 1.47 bits per heavy atom. The smallest absolute Gasteiger partial charge is 0.396 e. The van der Waals surface area contributed by atoms with Crippen LogP contribution in [-0.2, 0) is 6.61 Å². The number of alkyl halides is 5. The molecule has 0 aliphatic heterocycles. The van der Waals surface area contributed by atoms with Crippen molar-refractivity contribution in [2.45, 2.75) is 19.4 Å². The van der Waals surface area contributed by atoms with Gasteiger partial charge in [0.1, 0.15) is 0 Å². The van der Waals surface area contributed by atoms with E-state index in [1.165, 1.54) is 0 Å². The molecule has 1 N–H and O–H groups in total. The normalized spacial score (nSPS) is 11.7. The van der Waals surface area contributed by atoms with Crippen molar-refractivity contribution in [2.24, 2.45) is 0 Å². The van der Waals surface area contributed by atoms with Crippen molar-refractivity contribution in [3.8, 4) is 5.75 Å². The van der Waals surface area contributed by atoms with Crippen molar-refractivity contribution in [2.75, 3.05) is 0 Å². The fourth-order valence-corrected chi connectivity index (χ4v) is 1.22. The molecule has 0 spiro atoms. The quantitative estimate of drug-likeness (QED) is 0.522. The number of hydrogen-bond acceptors (Lipinski definition) is 5. The van der Waals surface area contributed by atoms with E-state index in [-0.39, 0.29) is 0 Å². The number of halogens is 5. The molecular weight excluding hydrogens is 283 g/mol. The molecule has 0 atom stereocenters. The Bertz CT molecular complexity index is 491. The molecule has 106 valence electrons. The first kappa shape index (κ1) is 15.0. The van der Waals surface area contributed by atoms with Crippen LogP contribution < -0.4 is 4.74 Å². The van der Waals surface area contributed by atoms with Crippen molar-refractivity contribution in [3.63, 3.8) is 0 Å². The van der Waals surface area contributed by atoms with Crippen LogP contribution in [0.25, 0.3) is 0 Å². The molecule has 0 bridgehead atoms. The lowest BCUT2D eigenvalue weighted by Crippen LogP contribution is -2.20. The maximum absolute atomic E-state index is 12.5. The zero-order valence-corrected chi connectivity index (χ0v) is 8.82. The Kier molecular flexibility index (Phi) is 4.19. The molecule has 1 rings (SSSR count). The molecule has 0 aliphatic carbocycles. The fraction of sp³-hybridized carbons (Fsp3) is 0.375. The molecule has 0 aliphatic rings. The van der Waals surface area contributed by atoms with Crippen LogP contribution in [0.2, 0.25) is 0 Å². The summed E-state index contributed by atoms with van der Waals surface area (Å²) < 4.78 is 64.5. The number of nitrogens with zero attached hydrogens (tertiary/aromatic N) is 2. The van der Waals surface area contributed by atoms with Gasteiger partial charge in [-0.1, -0.05) is 0 Å². The van der Waals surface area contributed by atoms with Crippen molar-refractivity contribution in [1.29, 1.82) is 0 Å². The Balaban J connectivity index is 3.53. The topological polar surface area (TPSA) is 85.5 Å². The van der Waals surface area contributed by atoms with Crippen LogP contribution in [0, 0.1) is 10.1 Å². The van der Waals surface area contributed by atoms with Crippen LogP contribution in [0.3, 0.4) is 0 Å². The van der Waals surface area contributed by atoms with Gasteiger partial charge in [-0.2, -0.15) is 0 Å². The zero-order valence-electron chi connectivity index (χ0n) is 8.82. The van der Waals surface area contributed by atoms with Gasteiger partial charge in [0.2, 0.25) is 5.75 Å². The van der Waals surface area contributed by atoms with E-state index in [0.29, 0.717) is 6.20 Å². The molecule has 6 nitrogen and oxygen atoms in total. The Morgan fingerprint density at radius 3 is 2.42 bits per heavy atom. The van der Waals surface area contributed by atoms with Gasteiger partial charge in [0.05, 0.1) is 17.1 Å². The monoisotopic (exact) mass is 288 g/mol. The predicted molar refractivity (Wildman–Crippen MR) is 48.5 cm³/mol. The van der Waals surface area contributed by atoms with Gasteiger partial charge in [0.25, 0.3) is 6.43 Å². The second kappa shape index (κ2) is 5.30. The van der Waals surface area contributed by atoms with E-state index in [2.05, 4.69) is 9.72 Å². The number of rotatable bonds is 4.